The van der Waals surface area contributed by atoms with Gasteiger partial charge in [0.25, 0.3) is 0 Å². The highest BCUT2D eigenvalue weighted by Gasteiger charge is 2.33. The van der Waals surface area contributed by atoms with Gasteiger partial charge in [-0.15, -0.1) is 0 Å². The van der Waals surface area contributed by atoms with E-state index in [-0.39, 0.29) is 23.7 Å². The molecule has 0 N–H and O–H groups in total. The number of carbonyl (C=O) groups is 1. The average molecular weight is 440 g/mol. The number of hydrogen-bond acceptors (Lipinski definition) is 5. The van der Waals surface area contributed by atoms with Gasteiger partial charge in [-0.1, -0.05) is 19.1 Å². The first-order chi connectivity index (χ1) is 15.5. The van der Waals surface area contributed by atoms with E-state index in [1.807, 2.05) is 25.2 Å². The van der Waals surface area contributed by atoms with E-state index in [2.05, 4.69) is 21.7 Å². The van der Waals surface area contributed by atoms with Crippen molar-refractivity contribution in [1.82, 2.24) is 19.8 Å². The minimum absolute atomic E-state index is 0.0169. The van der Waals surface area contributed by atoms with Gasteiger partial charge >= 0.3 is 0 Å². The largest absolute Gasteiger partial charge is 0.347 e. The van der Waals surface area contributed by atoms with E-state index in [1.54, 1.807) is 12.1 Å². The molecule has 2 aliphatic heterocycles. The molecule has 2 aromatic rings. The summed E-state index contributed by atoms with van der Waals surface area (Å²) in [7, 11) is 3.86. The number of carbonyl (C=O) groups excluding carboxylic acids is 1. The molecule has 172 valence electrons. The van der Waals surface area contributed by atoms with Crippen LogP contribution in [0.4, 0.5) is 10.3 Å². The Morgan fingerprint density at radius 1 is 1.12 bits per heavy atom. The molecule has 0 bridgehead atoms. The van der Waals surface area contributed by atoms with Gasteiger partial charge in [-0.2, -0.15) is 0 Å². The molecule has 32 heavy (non-hydrogen) atoms. The zero-order valence-electron chi connectivity index (χ0n) is 19.4. The van der Waals surface area contributed by atoms with E-state index in [9.17, 15) is 9.18 Å². The number of likely N-dealkylation sites (tertiary alicyclic amines) is 2. The Morgan fingerprint density at radius 2 is 1.78 bits per heavy atom. The number of halogens is 1. The third kappa shape index (κ3) is 4.77. The summed E-state index contributed by atoms with van der Waals surface area (Å²) in [6.07, 6.45) is 6.86. The Kier molecular flexibility index (Phi) is 7.04. The van der Waals surface area contributed by atoms with Gasteiger partial charge in [-0.3, -0.25) is 9.69 Å². The first-order valence-corrected chi connectivity index (χ1v) is 11.8. The lowest BCUT2D eigenvalue weighted by molar-refractivity contribution is -0.137. The van der Waals surface area contributed by atoms with Crippen LogP contribution in [0.15, 0.2) is 30.5 Å². The summed E-state index contributed by atoms with van der Waals surface area (Å²) < 4.78 is 13.5. The van der Waals surface area contributed by atoms with Crippen LogP contribution in [-0.4, -0.2) is 72.0 Å². The van der Waals surface area contributed by atoms with Crippen LogP contribution in [0.2, 0.25) is 0 Å². The zero-order valence-corrected chi connectivity index (χ0v) is 19.4. The molecule has 6 nitrogen and oxygen atoms in total. The van der Waals surface area contributed by atoms with E-state index < -0.39 is 0 Å². The highest BCUT2D eigenvalue weighted by atomic mass is 19.1. The zero-order chi connectivity index (χ0) is 22.7. The lowest BCUT2D eigenvalue weighted by Crippen LogP contribution is -2.49. The third-order valence-corrected chi connectivity index (χ3v) is 6.81. The van der Waals surface area contributed by atoms with Crippen LogP contribution in [0.5, 0.6) is 0 Å². The smallest absolute Gasteiger partial charge is 0.239 e. The fraction of sp³-hybridized carbons (Fsp3) is 0.560. The number of amides is 1. The number of rotatable bonds is 6. The molecule has 2 fully saturated rings. The molecular weight excluding hydrogens is 405 g/mol. The molecular formula is C25H34FN5O. The van der Waals surface area contributed by atoms with E-state index >= 15 is 0 Å². The Bertz CT molecular complexity index is 918. The highest BCUT2D eigenvalue weighted by Crippen LogP contribution is 2.35. The maximum absolute atomic E-state index is 13.5. The molecule has 0 spiro atoms. The Morgan fingerprint density at radius 3 is 2.38 bits per heavy atom. The maximum atomic E-state index is 13.5. The average Bonchev–Trinajstić information content (AvgIpc) is 3.34. The van der Waals surface area contributed by atoms with E-state index in [4.69, 9.17) is 4.98 Å². The summed E-state index contributed by atoms with van der Waals surface area (Å²) in [6, 6.07) is 6.54. The topological polar surface area (TPSA) is 52.6 Å². The van der Waals surface area contributed by atoms with Crippen LogP contribution in [0, 0.1) is 5.82 Å². The second-order valence-corrected chi connectivity index (χ2v) is 9.14. The normalized spacial score (nSPS) is 18.7. The van der Waals surface area contributed by atoms with Crippen LogP contribution in [-0.2, 0) is 4.79 Å². The first kappa shape index (κ1) is 22.6. The van der Waals surface area contributed by atoms with Gasteiger partial charge in [-0.25, -0.2) is 14.4 Å². The van der Waals surface area contributed by atoms with Crippen molar-refractivity contribution in [2.45, 2.75) is 51.0 Å². The Hall–Kier alpha value is -2.54. The van der Waals surface area contributed by atoms with Crippen molar-refractivity contribution in [3.05, 3.63) is 42.0 Å². The second-order valence-electron chi connectivity index (χ2n) is 9.14. The van der Waals surface area contributed by atoms with Crippen molar-refractivity contribution in [3.8, 4) is 11.1 Å². The second kappa shape index (κ2) is 9.94. The number of anilines is 1. The lowest BCUT2D eigenvalue weighted by Gasteiger charge is -2.36. The van der Waals surface area contributed by atoms with Crippen molar-refractivity contribution >= 4 is 11.9 Å². The van der Waals surface area contributed by atoms with Gasteiger partial charge in [0, 0.05) is 44.9 Å². The fourth-order valence-corrected chi connectivity index (χ4v) is 4.99. The molecule has 0 aliphatic carbocycles. The highest BCUT2D eigenvalue weighted by molar-refractivity contribution is 5.82. The minimum Gasteiger partial charge on any atom is -0.347 e. The third-order valence-electron chi connectivity index (χ3n) is 6.81. The van der Waals surface area contributed by atoms with Gasteiger partial charge in [0.15, 0.2) is 0 Å². The van der Waals surface area contributed by atoms with Gasteiger partial charge in [0.2, 0.25) is 11.9 Å². The summed E-state index contributed by atoms with van der Waals surface area (Å²) in [5.74, 6) is 0.942. The predicted molar refractivity (Wildman–Crippen MR) is 125 cm³/mol. The number of benzene rings is 1. The lowest BCUT2D eigenvalue weighted by atomic mass is 9.88. The first-order valence-electron chi connectivity index (χ1n) is 11.8. The van der Waals surface area contributed by atoms with Crippen molar-refractivity contribution in [2.75, 3.05) is 45.2 Å². The van der Waals surface area contributed by atoms with Gasteiger partial charge in [0.05, 0.1) is 11.7 Å². The Balaban J connectivity index is 1.52. The molecule has 1 amide bonds. The van der Waals surface area contributed by atoms with Gasteiger partial charge in [0.1, 0.15) is 5.82 Å². The number of hydrogen-bond donors (Lipinski definition) is 0. The molecule has 4 rings (SSSR count). The number of piperidine rings is 1. The van der Waals surface area contributed by atoms with Crippen molar-refractivity contribution in [1.29, 1.82) is 0 Å². The van der Waals surface area contributed by atoms with Gasteiger partial charge in [-0.05, 0) is 62.9 Å². The van der Waals surface area contributed by atoms with Crippen LogP contribution in [0.3, 0.4) is 0 Å². The molecule has 1 atom stereocenters. The quantitative estimate of drug-likeness (QED) is 0.683. The number of nitrogens with zero attached hydrogens (tertiary/aromatic N) is 5. The fourth-order valence-electron chi connectivity index (χ4n) is 4.99. The summed E-state index contributed by atoms with van der Waals surface area (Å²) in [5, 5.41) is 0. The standard InChI is InChI=1S/C25H34FN5O/c1-4-22(30-13-5-6-14-30)24(32)31-15-11-19(12-16-31)23-21(17-27-25(28-23)29(2)3)18-7-9-20(26)10-8-18/h7-10,17,19,22H,4-6,11-16H2,1-3H3. The predicted octanol–water partition coefficient (Wildman–Crippen LogP) is 3.93. The summed E-state index contributed by atoms with van der Waals surface area (Å²) >= 11 is 0. The van der Waals surface area contributed by atoms with Crippen LogP contribution >= 0.6 is 0 Å². The van der Waals surface area contributed by atoms with Crippen molar-refractivity contribution in [3.63, 3.8) is 0 Å². The summed E-state index contributed by atoms with van der Waals surface area (Å²) in [6.45, 7) is 5.69. The molecule has 3 heterocycles. The molecule has 2 saturated heterocycles. The molecule has 2 aliphatic rings. The van der Waals surface area contributed by atoms with Crippen molar-refractivity contribution in [2.24, 2.45) is 0 Å². The molecule has 0 saturated carbocycles. The molecule has 1 unspecified atom stereocenters. The van der Waals surface area contributed by atoms with Crippen LogP contribution < -0.4 is 4.90 Å². The van der Waals surface area contributed by atoms with Crippen molar-refractivity contribution < 1.29 is 9.18 Å². The van der Waals surface area contributed by atoms with Crippen LogP contribution in [0.25, 0.3) is 11.1 Å². The molecule has 0 radical (unpaired) electrons. The van der Waals surface area contributed by atoms with E-state index in [0.717, 1.165) is 62.3 Å². The molecule has 1 aromatic carbocycles. The maximum Gasteiger partial charge on any atom is 0.239 e. The molecule has 1 aromatic heterocycles. The van der Waals surface area contributed by atoms with E-state index in [0.29, 0.717) is 5.95 Å². The Labute approximate surface area is 190 Å². The summed E-state index contributed by atoms with van der Waals surface area (Å²) in [5.41, 5.74) is 2.86. The van der Waals surface area contributed by atoms with E-state index in [1.165, 1.54) is 25.0 Å². The minimum atomic E-state index is -0.253. The number of aromatic nitrogens is 2. The van der Waals surface area contributed by atoms with Crippen LogP contribution in [0.1, 0.15) is 50.6 Å². The van der Waals surface area contributed by atoms with Gasteiger partial charge < -0.3 is 9.80 Å². The summed E-state index contributed by atoms with van der Waals surface area (Å²) in [4.78, 5) is 28.9. The monoisotopic (exact) mass is 439 g/mol. The molecule has 7 heteroatoms. The SMILES string of the molecule is CCC(C(=O)N1CCC(c2nc(N(C)C)ncc2-c2ccc(F)cc2)CC1)N1CCCC1.